The topological polar surface area (TPSA) is 77.6 Å². The van der Waals surface area contributed by atoms with Crippen LogP contribution in [0.3, 0.4) is 0 Å². The number of nitrogens with one attached hydrogen (secondary N) is 1. The molecule has 1 aromatic heterocycles. The van der Waals surface area contributed by atoms with Crippen molar-refractivity contribution < 1.29 is 19.0 Å². The molecule has 1 saturated carbocycles. The zero-order valence-corrected chi connectivity index (χ0v) is 18.9. The smallest absolute Gasteiger partial charge is 0.255 e. The van der Waals surface area contributed by atoms with Gasteiger partial charge in [-0.05, 0) is 50.6 Å². The summed E-state index contributed by atoms with van der Waals surface area (Å²) < 4.78 is 17.4. The number of fused-ring (bicyclic) bond motifs is 5. The number of para-hydroxylation sites is 1. The second kappa shape index (κ2) is 7.12. The number of hydrogen-bond donors (Lipinski definition) is 1. The summed E-state index contributed by atoms with van der Waals surface area (Å²) in [6.07, 6.45) is 0. The summed E-state index contributed by atoms with van der Waals surface area (Å²) >= 11 is 0. The van der Waals surface area contributed by atoms with Crippen LogP contribution in [0, 0.1) is 11.8 Å². The molecule has 0 unspecified atom stereocenters. The second-order valence-corrected chi connectivity index (χ2v) is 9.28. The highest BCUT2D eigenvalue weighted by atomic mass is 16.5. The molecule has 3 aromatic rings. The molecule has 2 aliphatic rings. The van der Waals surface area contributed by atoms with Crippen molar-refractivity contribution in [1.82, 2.24) is 4.98 Å². The number of methoxy groups -OCH3 is 2. The Morgan fingerprint density at radius 2 is 1.75 bits per heavy atom. The molecule has 2 aromatic carbocycles. The van der Waals surface area contributed by atoms with Crippen LogP contribution in [-0.4, -0.2) is 30.6 Å². The summed E-state index contributed by atoms with van der Waals surface area (Å²) in [6, 6.07) is 13.4. The number of rotatable bonds is 4. The number of ether oxygens (including phenoxy) is 3. The first-order valence-electron chi connectivity index (χ1n) is 10.8. The quantitative estimate of drug-likeness (QED) is 0.659. The van der Waals surface area contributed by atoms with Gasteiger partial charge in [0, 0.05) is 29.1 Å². The van der Waals surface area contributed by atoms with Crippen molar-refractivity contribution in [2.45, 2.75) is 38.2 Å². The molecular weight excluding hydrogens is 406 g/mol. The Bertz CT molecular complexity index is 1290. The van der Waals surface area contributed by atoms with Crippen LogP contribution in [0.5, 0.6) is 17.2 Å². The highest BCUT2D eigenvalue weighted by molar-refractivity contribution is 5.88. The van der Waals surface area contributed by atoms with Gasteiger partial charge in [0.05, 0.1) is 25.3 Å². The molecule has 0 amide bonds. The normalized spacial score (nSPS) is 25.2. The Hall–Kier alpha value is -3.28. The Labute approximate surface area is 186 Å². The molecular formula is C26H27NO5. The second-order valence-electron chi connectivity index (χ2n) is 9.28. The van der Waals surface area contributed by atoms with Gasteiger partial charge in [-0.15, -0.1) is 0 Å². The lowest BCUT2D eigenvalue weighted by molar-refractivity contribution is -0.142. The minimum Gasteiger partial charge on any atom is -0.493 e. The minimum atomic E-state index is -0.600. The van der Waals surface area contributed by atoms with Crippen LogP contribution in [0.1, 0.15) is 43.7 Å². The Balaban J connectivity index is 1.75. The number of carbonyl (C=O) groups excluding carboxylic acids is 1. The van der Waals surface area contributed by atoms with Crippen LogP contribution in [0.2, 0.25) is 0 Å². The number of hydrogen-bond acceptors (Lipinski definition) is 5. The van der Waals surface area contributed by atoms with Gasteiger partial charge in [-0.25, -0.2) is 0 Å². The fourth-order valence-corrected chi connectivity index (χ4v) is 5.92. The third kappa shape index (κ3) is 2.78. The van der Waals surface area contributed by atoms with E-state index in [0.29, 0.717) is 22.8 Å². The van der Waals surface area contributed by atoms with Gasteiger partial charge in [0.1, 0.15) is 17.1 Å². The van der Waals surface area contributed by atoms with Gasteiger partial charge in [-0.2, -0.15) is 0 Å². The van der Waals surface area contributed by atoms with Crippen LogP contribution < -0.4 is 19.8 Å². The van der Waals surface area contributed by atoms with E-state index in [4.69, 9.17) is 14.2 Å². The van der Waals surface area contributed by atoms with E-state index < -0.39 is 5.60 Å². The number of carbonyl (C=O) groups is 1. The fraction of sp³-hybridized carbons (Fsp3) is 0.385. The van der Waals surface area contributed by atoms with Crippen LogP contribution in [0.4, 0.5) is 0 Å². The lowest BCUT2D eigenvalue weighted by Gasteiger charge is -2.59. The molecule has 0 saturated heterocycles. The van der Waals surface area contributed by atoms with Gasteiger partial charge < -0.3 is 19.2 Å². The SMILES string of the molecule is COc1ccc([C@@H]2[C@@H](C(C)=O)[C@H]3[C@@H]2c2c(c4ccccc4[nH]c2=O)OC3(C)C)cc1OC. The van der Waals surface area contributed by atoms with E-state index in [1.165, 1.54) is 0 Å². The Morgan fingerprint density at radius 3 is 2.44 bits per heavy atom. The molecule has 0 bridgehead atoms. The van der Waals surface area contributed by atoms with E-state index in [-0.39, 0.29) is 35.0 Å². The zero-order chi connectivity index (χ0) is 22.8. The van der Waals surface area contributed by atoms with E-state index in [9.17, 15) is 9.59 Å². The number of H-pyrrole nitrogens is 1. The lowest BCUT2D eigenvalue weighted by Crippen LogP contribution is -2.61. The van der Waals surface area contributed by atoms with Crippen molar-refractivity contribution in [2.24, 2.45) is 11.8 Å². The number of Topliss-reactive ketones (excluding diaryl/α,β-unsaturated/α-hetero) is 1. The molecule has 1 N–H and O–H groups in total. The standard InChI is InChI=1S/C26H27NO5/c1-13(28)19-20(14-10-11-17(30-4)18(12-14)31-5)21-22-24(32-26(2,3)23(19)21)15-8-6-7-9-16(15)27-25(22)29/h6-12,19-21,23H,1-5H3,(H,27,29)/t19-,20-,21+,23+/m1/s1. The van der Waals surface area contributed by atoms with Crippen molar-refractivity contribution in [1.29, 1.82) is 0 Å². The van der Waals surface area contributed by atoms with Gasteiger partial charge in [0.2, 0.25) is 0 Å². The van der Waals surface area contributed by atoms with Crippen molar-refractivity contribution in [2.75, 3.05) is 14.2 Å². The third-order valence-electron chi connectivity index (χ3n) is 7.22. The van der Waals surface area contributed by atoms with Crippen molar-refractivity contribution in [3.63, 3.8) is 0 Å². The zero-order valence-electron chi connectivity index (χ0n) is 18.9. The first kappa shape index (κ1) is 20.6. The van der Waals surface area contributed by atoms with Gasteiger partial charge in [-0.3, -0.25) is 9.59 Å². The summed E-state index contributed by atoms with van der Waals surface area (Å²) in [4.78, 5) is 29.2. The van der Waals surface area contributed by atoms with E-state index >= 15 is 0 Å². The fourth-order valence-electron chi connectivity index (χ4n) is 5.92. The number of pyridine rings is 1. The third-order valence-corrected chi connectivity index (χ3v) is 7.22. The van der Waals surface area contributed by atoms with Crippen LogP contribution in [0.15, 0.2) is 47.3 Å². The maximum absolute atomic E-state index is 13.3. The lowest BCUT2D eigenvalue weighted by atomic mass is 9.47. The predicted octanol–water partition coefficient (Wildman–Crippen LogP) is 4.42. The van der Waals surface area contributed by atoms with E-state index in [0.717, 1.165) is 16.5 Å². The van der Waals surface area contributed by atoms with Crippen LogP contribution in [-0.2, 0) is 4.79 Å². The number of ketones is 1. The minimum absolute atomic E-state index is 0.100. The average molecular weight is 434 g/mol. The van der Waals surface area contributed by atoms with Crippen LogP contribution >= 0.6 is 0 Å². The van der Waals surface area contributed by atoms with Gasteiger partial charge in [-0.1, -0.05) is 18.2 Å². The van der Waals surface area contributed by atoms with Gasteiger partial charge in [0.25, 0.3) is 5.56 Å². The molecule has 0 radical (unpaired) electrons. The van der Waals surface area contributed by atoms with E-state index in [2.05, 4.69) is 4.98 Å². The summed E-state index contributed by atoms with van der Waals surface area (Å²) in [7, 11) is 3.19. The molecule has 1 aliphatic carbocycles. The highest BCUT2D eigenvalue weighted by Gasteiger charge is 2.63. The molecule has 2 heterocycles. The first-order chi connectivity index (χ1) is 15.3. The van der Waals surface area contributed by atoms with Gasteiger partial charge in [0.15, 0.2) is 11.5 Å². The molecule has 5 rings (SSSR count). The highest BCUT2D eigenvalue weighted by Crippen LogP contribution is 2.65. The van der Waals surface area contributed by atoms with Crippen molar-refractivity contribution >= 4 is 16.7 Å². The molecule has 6 heteroatoms. The number of aromatic amines is 1. The molecule has 4 atom stereocenters. The molecule has 1 fully saturated rings. The number of benzene rings is 2. The van der Waals surface area contributed by atoms with Gasteiger partial charge >= 0.3 is 0 Å². The summed E-state index contributed by atoms with van der Waals surface area (Å²) in [5.41, 5.74) is 1.58. The Kier molecular flexibility index (Phi) is 4.59. The monoisotopic (exact) mass is 433 g/mol. The molecule has 166 valence electrons. The summed E-state index contributed by atoms with van der Waals surface area (Å²) in [5.74, 6) is 1.31. The molecule has 6 nitrogen and oxygen atoms in total. The van der Waals surface area contributed by atoms with E-state index in [1.54, 1.807) is 21.1 Å². The van der Waals surface area contributed by atoms with Crippen molar-refractivity contribution in [3.05, 3.63) is 63.9 Å². The maximum Gasteiger partial charge on any atom is 0.255 e. The summed E-state index contributed by atoms with van der Waals surface area (Å²) in [6.45, 7) is 5.67. The maximum atomic E-state index is 13.3. The number of aromatic nitrogens is 1. The predicted molar refractivity (Wildman–Crippen MR) is 122 cm³/mol. The molecule has 1 aliphatic heterocycles. The molecule has 32 heavy (non-hydrogen) atoms. The van der Waals surface area contributed by atoms with Crippen LogP contribution in [0.25, 0.3) is 10.9 Å². The molecule has 0 spiro atoms. The summed E-state index contributed by atoms with van der Waals surface area (Å²) in [5, 5.41) is 0.881. The largest absolute Gasteiger partial charge is 0.493 e. The first-order valence-corrected chi connectivity index (χ1v) is 10.8. The van der Waals surface area contributed by atoms with E-state index in [1.807, 2.05) is 56.3 Å². The average Bonchev–Trinajstić information content (AvgIpc) is 2.73. The Morgan fingerprint density at radius 1 is 1.03 bits per heavy atom. The van der Waals surface area contributed by atoms with Crippen molar-refractivity contribution in [3.8, 4) is 17.2 Å².